The van der Waals surface area contributed by atoms with Crippen molar-refractivity contribution in [1.82, 2.24) is 10.2 Å². The minimum absolute atomic E-state index is 0.0452. The topological polar surface area (TPSA) is 66.5 Å². The molecule has 1 saturated heterocycles. The van der Waals surface area contributed by atoms with Crippen LogP contribution in [0.15, 0.2) is 30.3 Å². The van der Waals surface area contributed by atoms with Gasteiger partial charge < -0.3 is 5.32 Å². The number of hydrogen-bond acceptors (Lipinski definition) is 4. The highest BCUT2D eigenvalue weighted by molar-refractivity contribution is 7.91. The Morgan fingerprint density at radius 3 is 2.35 bits per heavy atom. The third kappa shape index (κ3) is 5.32. The second kappa shape index (κ2) is 7.93. The van der Waals surface area contributed by atoms with Gasteiger partial charge in [-0.05, 0) is 17.9 Å². The summed E-state index contributed by atoms with van der Waals surface area (Å²) in [7, 11) is -2.96. The third-order valence-corrected chi connectivity index (χ3v) is 5.74. The Kier molecular flexibility index (Phi) is 6.18. The van der Waals surface area contributed by atoms with Crippen molar-refractivity contribution in [2.75, 3.05) is 31.1 Å². The maximum Gasteiger partial charge on any atom is 0.241 e. The van der Waals surface area contributed by atoms with E-state index in [-0.39, 0.29) is 17.4 Å². The van der Waals surface area contributed by atoms with Gasteiger partial charge in [-0.3, -0.25) is 9.69 Å². The average molecular weight is 338 g/mol. The number of nitrogens with zero attached hydrogens (tertiary/aromatic N) is 1. The summed E-state index contributed by atoms with van der Waals surface area (Å²) >= 11 is 0. The van der Waals surface area contributed by atoms with Crippen LogP contribution in [0.3, 0.4) is 0 Å². The Labute approximate surface area is 139 Å². The van der Waals surface area contributed by atoms with Crippen molar-refractivity contribution >= 4 is 15.7 Å². The lowest BCUT2D eigenvalue weighted by atomic mass is 10.0. The maximum atomic E-state index is 12.7. The molecule has 1 heterocycles. The molecular weight excluding hydrogens is 312 g/mol. The molecule has 5 nitrogen and oxygen atoms in total. The summed E-state index contributed by atoms with van der Waals surface area (Å²) < 4.78 is 23.3. The highest BCUT2D eigenvalue weighted by Crippen LogP contribution is 2.23. The van der Waals surface area contributed by atoms with Crippen LogP contribution in [0.1, 0.15) is 31.9 Å². The zero-order valence-corrected chi connectivity index (χ0v) is 14.7. The van der Waals surface area contributed by atoms with E-state index in [1.54, 1.807) is 0 Å². The van der Waals surface area contributed by atoms with Crippen LogP contribution in [-0.2, 0) is 14.6 Å². The van der Waals surface area contributed by atoms with Crippen molar-refractivity contribution in [2.45, 2.75) is 26.3 Å². The van der Waals surface area contributed by atoms with Crippen LogP contribution in [-0.4, -0.2) is 50.4 Å². The van der Waals surface area contributed by atoms with Crippen LogP contribution in [0.25, 0.3) is 0 Å². The quantitative estimate of drug-likeness (QED) is 0.856. The fourth-order valence-electron chi connectivity index (χ4n) is 2.73. The number of amides is 1. The van der Waals surface area contributed by atoms with Crippen LogP contribution in [0.2, 0.25) is 0 Å². The molecule has 1 aliphatic rings. The summed E-state index contributed by atoms with van der Waals surface area (Å²) in [5.74, 6) is 0.729. The van der Waals surface area contributed by atoms with Crippen molar-refractivity contribution < 1.29 is 13.2 Å². The minimum Gasteiger partial charge on any atom is -0.354 e. The zero-order valence-electron chi connectivity index (χ0n) is 13.9. The van der Waals surface area contributed by atoms with E-state index in [2.05, 4.69) is 19.2 Å². The van der Waals surface area contributed by atoms with Crippen LogP contribution >= 0.6 is 0 Å². The molecule has 6 heteroatoms. The predicted octanol–water partition coefficient (Wildman–Crippen LogP) is 1.62. The average Bonchev–Trinajstić information content (AvgIpc) is 2.50. The van der Waals surface area contributed by atoms with E-state index < -0.39 is 15.9 Å². The monoisotopic (exact) mass is 338 g/mol. The molecule has 0 saturated carbocycles. The van der Waals surface area contributed by atoms with Gasteiger partial charge in [0.2, 0.25) is 5.91 Å². The lowest BCUT2D eigenvalue weighted by Crippen LogP contribution is -2.47. The first-order chi connectivity index (χ1) is 10.9. The van der Waals surface area contributed by atoms with E-state index in [1.807, 2.05) is 35.2 Å². The first kappa shape index (κ1) is 17.9. The van der Waals surface area contributed by atoms with Crippen molar-refractivity contribution in [3.8, 4) is 0 Å². The lowest BCUT2D eigenvalue weighted by Gasteiger charge is -2.33. The molecule has 0 aliphatic carbocycles. The van der Waals surface area contributed by atoms with Crippen molar-refractivity contribution in [3.05, 3.63) is 35.9 Å². The first-order valence-electron chi connectivity index (χ1n) is 8.16. The van der Waals surface area contributed by atoms with Gasteiger partial charge in [0.25, 0.3) is 0 Å². The van der Waals surface area contributed by atoms with E-state index in [0.29, 0.717) is 25.6 Å². The molecule has 0 spiro atoms. The van der Waals surface area contributed by atoms with Gasteiger partial charge in [-0.1, -0.05) is 44.2 Å². The Morgan fingerprint density at radius 2 is 1.78 bits per heavy atom. The predicted molar refractivity (Wildman–Crippen MR) is 91.9 cm³/mol. The van der Waals surface area contributed by atoms with Crippen molar-refractivity contribution in [2.24, 2.45) is 5.92 Å². The molecule has 0 aromatic heterocycles. The van der Waals surface area contributed by atoms with Crippen LogP contribution in [0.5, 0.6) is 0 Å². The van der Waals surface area contributed by atoms with Gasteiger partial charge in [0, 0.05) is 19.6 Å². The molecule has 1 fully saturated rings. The van der Waals surface area contributed by atoms with Crippen molar-refractivity contribution in [3.63, 3.8) is 0 Å². The first-order valence-corrected chi connectivity index (χ1v) is 9.98. The fraction of sp³-hybridized carbons (Fsp3) is 0.588. The Bertz CT molecular complexity index is 600. The minimum atomic E-state index is -2.96. The zero-order chi connectivity index (χ0) is 16.9. The second-order valence-corrected chi connectivity index (χ2v) is 8.78. The largest absolute Gasteiger partial charge is 0.354 e. The standard InChI is InChI=1S/C17H26N2O3S/c1-14(2)8-9-18-17(20)16(15-6-4-3-5-7-15)19-10-12-23(21,22)13-11-19/h3-7,14,16H,8-13H2,1-2H3,(H,18,20)/t16-/m0/s1. The normalized spacial score (nSPS) is 19.4. The van der Waals surface area contributed by atoms with E-state index in [0.717, 1.165) is 12.0 Å². The molecule has 1 aliphatic heterocycles. The van der Waals surface area contributed by atoms with Crippen LogP contribution in [0.4, 0.5) is 0 Å². The molecule has 1 aromatic rings. The molecule has 1 N–H and O–H groups in total. The summed E-state index contributed by atoms with van der Waals surface area (Å²) in [5, 5.41) is 3.00. The summed E-state index contributed by atoms with van der Waals surface area (Å²) in [6.07, 6.45) is 0.932. The number of benzene rings is 1. The molecule has 1 amide bonds. The van der Waals surface area contributed by atoms with Gasteiger partial charge in [0.15, 0.2) is 9.84 Å². The summed E-state index contributed by atoms with van der Waals surface area (Å²) in [6.45, 7) is 5.69. The van der Waals surface area contributed by atoms with E-state index in [9.17, 15) is 13.2 Å². The van der Waals surface area contributed by atoms with Gasteiger partial charge in [-0.25, -0.2) is 8.42 Å². The number of rotatable bonds is 6. The van der Waals surface area contributed by atoms with Gasteiger partial charge in [-0.2, -0.15) is 0 Å². The molecule has 2 rings (SSSR count). The molecule has 1 aromatic carbocycles. The third-order valence-electron chi connectivity index (χ3n) is 4.13. The number of carbonyl (C=O) groups excluding carboxylic acids is 1. The fourth-order valence-corrected chi connectivity index (χ4v) is 3.96. The molecule has 0 bridgehead atoms. The number of sulfone groups is 1. The molecule has 23 heavy (non-hydrogen) atoms. The Hall–Kier alpha value is -1.40. The summed E-state index contributed by atoms with van der Waals surface area (Å²) in [4.78, 5) is 14.7. The number of hydrogen-bond donors (Lipinski definition) is 1. The summed E-state index contributed by atoms with van der Waals surface area (Å²) in [6, 6.07) is 9.16. The SMILES string of the molecule is CC(C)CCNC(=O)[C@H](c1ccccc1)N1CCS(=O)(=O)CC1. The molecule has 0 unspecified atom stereocenters. The molecule has 128 valence electrons. The van der Waals surface area contributed by atoms with Gasteiger partial charge >= 0.3 is 0 Å². The highest BCUT2D eigenvalue weighted by atomic mass is 32.2. The second-order valence-electron chi connectivity index (χ2n) is 6.47. The van der Waals surface area contributed by atoms with E-state index >= 15 is 0 Å². The number of nitrogens with one attached hydrogen (secondary N) is 1. The molecule has 0 radical (unpaired) electrons. The van der Waals surface area contributed by atoms with Gasteiger partial charge in [0.1, 0.15) is 6.04 Å². The highest BCUT2D eigenvalue weighted by Gasteiger charge is 2.32. The number of carbonyl (C=O) groups is 1. The van der Waals surface area contributed by atoms with Gasteiger partial charge in [0.05, 0.1) is 11.5 Å². The van der Waals surface area contributed by atoms with Crippen molar-refractivity contribution in [1.29, 1.82) is 0 Å². The van der Waals surface area contributed by atoms with E-state index in [4.69, 9.17) is 0 Å². The van der Waals surface area contributed by atoms with Gasteiger partial charge in [-0.15, -0.1) is 0 Å². The maximum absolute atomic E-state index is 12.7. The van der Waals surface area contributed by atoms with Crippen LogP contribution in [0, 0.1) is 5.92 Å². The molecular formula is C17H26N2O3S. The smallest absolute Gasteiger partial charge is 0.241 e. The lowest BCUT2D eigenvalue weighted by molar-refractivity contribution is -0.126. The Balaban J connectivity index is 2.11. The van der Waals surface area contributed by atoms with Crippen LogP contribution < -0.4 is 5.32 Å². The molecule has 1 atom stereocenters. The summed E-state index contributed by atoms with van der Waals surface area (Å²) in [5.41, 5.74) is 0.911. The van der Waals surface area contributed by atoms with E-state index in [1.165, 1.54) is 0 Å². The Morgan fingerprint density at radius 1 is 1.17 bits per heavy atom.